The van der Waals surface area contributed by atoms with Gasteiger partial charge in [-0.1, -0.05) is 32.9 Å². The summed E-state index contributed by atoms with van der Waals surface area (Å²) in [7, 11) is 0. The quantitative estimate of drug-likeness (QED) is 0.498. The van der Waals surface area contributed by atoms with Crippen LogP contribution in [0.15, 0.2) is 5.16 Å². The van der Waals surface area contributed by atoms with Crippen molar-refractivity contribution in [2.75, 3.05) is 11.5 Å². The van der Waals surface area contributed by atoms with E-state index in [0.29, 0.717) is 5.71 Å². The highest BCUT2D eigenvalue weighted by molar-refractivity contribution is 7.99. The first-order valence-electron chi connectivity index (χ1n) is 4.66. The first kappa shape index (κ1) is 11.6. The molecule has 0 bridgehead atoms. The third kappa shape index (κ3) is 1.95. The smallest absolute Gasteiger partial charge is 0.187 e. The van der Waals surface area contributed by atoms with Crippen molar-refractivity contribution in [3.05, 3.63) is 0 Å². The van der Waals surface area contributed by atoms with E-state index in [2.05, 4.69) is 5.16 Å². The number of nitrogens with zero attached hydrogens (tertiary/aromatic N) is 1. The summed E-state index contributed by atoms with van der Waals surface area (Å²) in [6.07, 6.45) is 0. The monoisotopic (exact) mass is 215 g/mol. The molecule has 0 aromatic heterocycles. The standard InChI is InChI=1S/C10H17NO2S/c1-9(2)5-14-6-10(3,4)8(12)7(9)11-13/h13H,5-6H2,1-4H3/b11-7+. The van der Waals surface area contributed by atoms with Gasteiger partial charge in [-0.25, -0.2) is 0 Å². The molecule has 0 aromatic rings. The van der Waals surface area contributed by atoms with Gasteiger partial charge in [-0.05, 0) is 0 Å². The molecule has 0 saturated carbocycles. The van der Waals surface area contributed by atoms with Crippen molar-refractivity contribution >= 4 is 23.3 Å². The van der Waals surface area contributed by atoms with Gasteiger partial charge in [0.05, 0.1) is 0 Å². The number of rotatable bonds is 0. The Bertz CT molecular complexity index is 282. The summed E-state index contributed by atoms with van der Waals surface area (Å²) in [6.45, 7) is 7.67. The third-order valence-corrected chi connectivity index (χ3v) is 4.35. The molecular formula is C10H17NO2S. The molecule has 0 aromatic carbocycles. The molecule has 0 radical (unpaired) electrons. The molecule has 1 N–H and O–H groups in total. The summed E-state index contributed by atoms with van der Waals surface area (Å²) in [5.41, 5.74) is -0.433. The van der Waals surface area contributed by atoms with Gasteiger partial charge >= 0.3 is 0 Å². The van der Waals surface area contributed by atoms with E-state index in [9.17, 15) is 4.79 Å². The molecule has 1 rings (SSSR count). The zero-order valence-corrected chi connectivity index (χ0v) is 9.94. The molecule has 0 aliphatic carbocycles. The first-order valence-corrected chi connectivity index (χ1v) is 5.82. The van der Waals surface area contributed by atoms with Gasteiger partial charge in [0.15, 0.2) is 5.78 Å². The molecule has 4 heteroatoms. The Hall–Kier alpha value is -0.510. The van der Waals surface area contributed by atoms with Crippen LogP contribution >= 0.6 is 11.8 Å². The average molecular weight is 215 g/mol. The highest BCUT2D eigenvalue weighted by Gasteiger charge is 2.42. The SMILES string of the molecule is CC1(C)CSCC(C)(C)/C(=N/O)C1=O. The van der Waals surface area contributed by atoms with E-state index in [1.807, 2.05) is 27.7 Å². The summed E-state index contributed by atoms with van der Waals surface area (Å²) in [5.74, 6) is 1.57. The number of carbonyl (C=O) groups excluding carboxylic acids is 1. The third-order valence-electron chi connectivity index (χ3n) is 2.50. The van der Waals surface area contributed by atoms with Crippen LogP contribution in [0, 0.1) is 10.8 Å². The van der Waals surface area contributed by atoms with E-state index >= 15 is 0 Å². The predicted molar refractivity (Wildman–Crippen MR) is 59.1 cm³/mol. The van der Waals surface area contributed by atoms with Gasteiger partial charge in [0.25, 0.3) is 0 Å². The minimum absolute atomic E-state index is 0.0324. The van der Waals surface area contributed by atoms with Gasteiger partial charge in [-0.3, -0.25) is 4.79 Å². The van der Waals surface area contributed by atoms with E-state index in [0.717, 1.165) is 11.5 Å². The van der Waals surface area contributed by atoms with Crippen LogP contribution in [0.1, 0.15) is 27.7 Å². The van der Waals surface area contributed by atoms with Crippen molar-refractivity contribution in [2.45, 2.75) is 27.7 Å². The number of hydrogen-bond donors (Lipinski definition) is 1. The second-order valence-electron chi connectivity index (χ2n) is 5.04. The van der Waals surface area contributed by atoms with Crippen molar-refractivity contribution in [3.8, 4) is 0 Å². The number of hydrogen-bond acceptors (Lipinski definition) is 4. The maximum Gasteiger partial charge on any atom is 0.187 e. The number of thioether (sulfide) groups is 1. The summed E-state index contributed by atoms with van der Waals surface area (Å²) in [6, 6.07) is 0. The fourth-order valence-electron chi connectivity index (χ4n) is 1.50. The van der Waals surface area contributed by atoms with E-state index < -0.39 is 5.41 Å². The van der Waals surface area contributed by atoms with Gasteiger partial charge in [0, 0.05) is 22.3 Å². The molecule has 1 aliphatic rings. The summed E-state index contributed by atoms with van der Waals surface area (Å²) < 4.78 is 0. The molecule has 1 aliphatic heterocycles. The minimum atomic E-state index is -0.417. The Labute approximate surface area is 88.9 Å². The van der Waals surface area contributed by atoms with Crippen LogP contribution in [0.2, 0.25) is 0 Å². The molecular weight excluding hydrogens is 198 g/mol. The Morgan fingerprint density at radius 1 is 1.21 bits per heavy atom. The van der Waals surface area contributed by atoms with Crippen LogP contribution in [0.3, 0.4) is 0 Å². The van der Waals surface area contributed by atoms with Crippen LogP contribution in [0.4, 0.5) is 0 Å². The molecule has 1 fully saturated rings. The van der Waals surface area contributed by atoms with E-state index in [1.165, 1.54) is 0 Å². The fraction of sp³-hybridized carbons (Fsp3) is 0.800. The van der Waals surface area contributed by atoms with E-state index in [-0.39, 0.29) is 11.2 Å². The van der Waals surface area contributed by atoms with Crippen molar-refractivity contribution in [2.24, 2.45) is 16.0 Å². The molecule has 0 spiro atoms. The molecule has 0 amide bonds. The van der Waals surface area contributed by atoms with E-state index in [4.69, 9.17) is 5.21 Å². The lowest BCUT2D eigenvalue weighted by Crippen LogP contribution is -2.39. The zero-order chi connectivity index (χ0) is 11.0. The van der Waals surface area contributed by atoms with Gasteiger partial charge < -0.3 is 5.21 Å². The molecule has 3 nitrogen and oxygen atoms in total. The molecule has 0 atom stereocenters. The summed E-state index contributed by atoms with van der Waals surface area (Å²) >= 11 is 1.74. The van der Waals surface area contributed by atoms with Crippen LogP contribution in [-0.4, -0.2) is 28.2 Å². The number of carbonyl (C=O) groups is 1. The highest BCUT2D eigenvalue weighted by Crippen LogP contribution is 2.36. The maximum atomic E-state index is 12.0. The Morgan fingerprint density at radius 3 is 2.21 bits per heavy atom. The lowest BCUT2D eigenvalue weighted by atomic mass is 9.78. The van der Waals surface area contributed by atoms with Crippen LogP contribution in [-0.2, 0) is 4.79 Å². The maximum absolute atomic E-state index is 12.0. The highest BCUT2D eigenvalue weighted by atomic mass is 32.2. The van der Waals surface area contributed by atoms with Gasteiger partial charge in [-0.15, -0.1) is 0 Å². The topological polar surface area (TPSA) is 49.7 Å². The summed E-state index contributed by atoms with van der Waals surface area (Å²) in [5, 5.41) is 12.1. The summed E-state index contributed by atoms with van der Waals surface area (Å²) in [4.78, 5) is 12.0. The Balaban J connectivity index is 3.12. The number of ketones is 1. The van der Waals surface area contributed by atoms with Crippen molar-refractivity contribution < 1.29 is 10.0 Å². The Kier molecular flexibility index (Phi) is 2.95. The molecule has 0 unspecified atom stereocenters. The zero-order valence-electron chi connectivity index (χ0n) is 9.13. The first-order chi connectivity index (χ1) is 6.31. The predicted octanol–water partition coefficient (Wildman–Crippen LogP) is 2.18. The molecule has 1 saturated heterocycles. The average Bonchev–Trinajstić information content (AvgIpc) is 2.09. The lowest BCUT2D eigenvalue weighted by Gasteiger charge is -2.23. The molecule has 80 valence electrons. The number of oxime groups is 1. The van der Waals surface area contributed by atoms with Crippen molar-refractivity contribution in [1.82, 2.24) is 0 Å². The van der Waals surface area contributed by atoms with Crippen molar-refractivity contribution in [3.63, 3.8) is 0 Å². The fourth-order valence-corrected chi connectivity index (χ4v) is 2.89. The van der Waals surface area contributed by atoms with Crippen LogP contribution in [0.25, 0.3) is 0 Å². The van der Waals surface area contributed by atoms with E-state index in [1.54, 1.807) is 11.8 Å². The lowest BCUT2D eigenvalue weighted by molar-refractivity contribution is -0.119. The van der Waals surface area contributed by atoms with Gasteiger partial charge in [0.1, 0.15) is 5.71 Å². The van der Waals surface area contributed by atoms with Gasteiger partial charge in [-0.2, -0.15) is 11.8 Å². The van der Waals surface area contributed by atoms with Gasteiger partial charge in [0.2, 0.25) is 0 Å². The van der Waals surface area contributed by atoms with Crippen LogP contribution < -0.4 is 0 Å². The largest absolute Gasteiger partial charge is 0.411 e. The normalized spacial score (nSPS) is 28.9. The number of Topliss-reactive ketones (excluding diaryl/α,β-unsaturated/α-hetero) is 1. The second-order valence-corrected chi connectivity index (χ2v) is 6.02. The minimum Gasteiger partial charge on any atom is -0.411 e. The van der Waals surface area contributed by atoms with Crippen LogP contribution in [0.5, 0.6) is 0 Å². The van der Waals surface area contributed by atoms with Crippen molar-refractivity contribution in [1.29, 1.82) is 0 Å². The Morgan fingerprint density at radius 2 is 1.71 bits per heavy atom. The molecule has 1 heterocycles. The second kappa shape index (κ2) is 3.57. The molecule has 14 heavy (non-hydrogen) atoms.